The van der Waals surface area contributed by atoms with Crippen molar-refractivity contribution in [3.63, 3.8) is 0 Å². The molecular formula is C14H12Cl3NO. The molecule has 0 saturated carbocycles. The van der Waals surface area contributed by atoms with E-state index in [2.05, 4.69) is 5.32 Å². The first-order chi connectivity index (χ1) is 9.13. The SMILES string of the molecule is COc1ccccc1NCc1c(Cl)ccc(Cl)c1Cl. The second-order valence-electron chi connectivity index (χ2n) is 3.88. The summed E-state index contributed by atoms with van der Waals surface area (Å²) in [6, 6.07) is 11.0. The maximum absolute atomic E-state index is 6.15. The van der Waals surface area contributed by atoms with E-state index in [-0.39, 0.29) is 0 Å². The fourth-order valence-electron chi connectivity index (χ4n) is 1.71. The van der Waals surface area contributed by atoms with Gasteiger partial charge in [-0.15, -0.1) is 0 Å². The molecular weight excluding hydrogens is 305 g/mol. The molecule has 2 aromatic rings. The van der Waals surface area contributed by atoms with Crippen LogP contribution in [0, 0.1) is 0 Å². The second-order valence-corrected chi connectivity index (χ2v) is 5.07. The summed E-state index contributed by atoms with van der Waals surface area (Å²) in [7, 11) is 1.62. The Morgan fingerprint density at radius 1 is 1.00 bits per heavy atom. The molecule has 0 unspecified atom stereocenters. The molecule has 0 aromatic heterocycles. The smallest absolute Gasteiger partial charge is 0.141 e. The highest BCUT2D eigenvalue weighted by Gasteiger charge is 2.10. The molecule has 1 N–H and O–H groups in total. The molecule has 0 aliphatic rings. The number of hydrogen-bond acceptors (Lipinski definition) is 2. The minimum absolute atomic E-state index is 0.469. The van der Waals surface area contributed by atoms with E-state index >= 15 is 0 Å². The van der Waals surface area contributed by atoms with Gasteiger partial charge in [0.2, 0.25) is 0 Å². The summed E-state index contributed by atoms with van der Waals surface area (Å²) < 4.78 is 5.26. The predicted octanol–water partition coefficient (Wildman–Crippen LogP) is 5.27. The van der Waals surface area contributed by atoms with Crippen molar-refractivity contribution in [2.75, 3.05) is 12.4 Å². The lowest BCUT2D eigenvalue weighted by molar-refractivity contribution is 0.416. The first-order valence-electron chi connectivity index (χ1n) is 5.62. The Balaban J connectivity index is 2.21. The van der Waals surface area contributed by atoms with Gasteiger partial charge in [-0.05, 0) is 24.3 Å². The van der Waals surface area contributed by atoms with Crippen molar-refractivity contribution in [3.8, 4) is 5.75 Å². The van der Waals surface area contributed by atoms with Crippen LogP contribution >= 0.6 is 34.8 Å². The molecule has 0 heterocycles. The summed E-state index contributed by atoms with van der Waals surface area (Å²) in [6.07, 6.45) is 0. The van der Waals surface area contributed by atoms with Gasteiger partial charge in [-0.25, -0.2) is 0 Å². The summed E-state index contributed by atoms with van der Waals surface area (Å²) in [6.45, 7) is 0.471. The number of hydrogen-bond donors (Lipinski definition) is 1. The zero-order valence-electron chi connectivity index (χ0n) is 10.2. The lowest BCUT2D eigenvalue weighted by Crippen LogP contribution is -2.02. The number of nitrogens with one attached hydrogen (secondary N) is 1. The van der Waals surface area contributed by atoms with Gasteiger partial charge in [-0.1, -0.05) is 46.9 Å². The van der Waals surface area contributed by atoms with E-state index in [0.29, 0.717) is 21.6 Å². The van der Waals surface area contributed by atoms with Gasteiger partial charge in [0.25, 0.3) is 0 Å². The van der Waals surface area contributed by atoms with Crippen molar-refractivity contribution in [1.29, 1.82) is 0 Å². The number of para-hydroxylation sites is 2. The molecule has 2 nitrogen and oxygen atoms in total. The van der Waals surface area contributed by atoms with Crippen molar-refractivity contribution in [2.45, 2.75) is 6.54 Å². The maximum Gasteiger partial charge on any atom is 0.141 e. The Kier molecular flexibility index (Phi) is 4.81. The van der Waals surface area contributed by atoms with Crippen LogP contribution in [0.1, 0.15) is 5.56 Å². The first-order valence-corrected chi connectivity index (χ1v) is 6.76. The lowest BCUT2D eigenvalue weighted by Gasteiger charge is -2.13. The monoisotopic (exact) mass is 315 g/mol. The number of anilines is 1. The summed E-state index contributed by atoms with van der Waals surface area (Å²) in [5.41, 5.74) is 1.64. The standard InChI is InChI=1S/C14H12Cl3NO/c1-19-13-5-3-2-4-12(13)18-8-9-10(15)6-7-11(16)14(9)17/h2-7,18H,8H2,1H3. The van der Waals surface area contributed by atoms with Crippen molar-refractivity contribution in [1.82, 2.24) is 0 Å². The van der Waals surface area contributed by atoms with Crippen molar-refractivity contribution < 1.29 is 4.74 Å². The third kappa shape index (κ3) is 3.27. The molecule has 0 fully saturated rings. The fraction of sp³-hybridized carbons (Fsp3) is 0.143. The van der Waals surface area contributed by atoms with E-state index in [9.17, 15) is 0 Å². The highest BCUT2D eigenvalue weighted by molar-refractivity contribution is 6.44. The van der Waals surface area contributed by atoms with Crippen LogP contribution in [0.2, 0.25) is 15.1 Å². The van der Waals surface area contributed by atoms with Crippen LogP contribution in [0.5, 0.6) is 5.75 Å². The highest BCUT2D eigenvalue weighted by Crippen LogP contribution is 2.32. The van der Waals surface area contributed by atoms with Gasteiger partial charge in [-0.2, -0.15) is 0 Å². The minimum Gasteiger partial charge on any atom is -0.495 e. The van der Waals surface area contributed by atoms with Crippen LogP contribution in [0.4, 0.5) is 5.69 Å². The molecule has 0 spiro atoms. The zero-order chi connectivity index (χ0) is 13.8. The van der Waals surface area contributed by atoms with E-state index in [1.165, 1.54) is 0 Å². The number of methoxy groups -OCH3 is 1. The van der Waals surface area contributed by atoms with Crippen LogP contribution in [0.3, 0.4) is 0 Å². The van der Waals surface area contributed by atoms with Gasteiger partial charge in [0.05, 0.1) is 22.8 Å². The summed E-state index contributed by atoms with van der Waals surface area (Å²) >= 11 is 18.3. The van der Waals surface area contributed by atoms with Gasteiger partial charge < -0.3 is 10.1 Å². The fourth-order valence-corrected chi connectivity index (χ4v) is 2.39. The molecule has 0 saturated heterocycles. The Bertz CT molecular complexity index is 587. The third-order valence-corrected chi connectivity index (χ3v) is 3.90. The van der Waals surface area contributed by atoms with Gasteiger partial charge in [0, 0.05) is 17.1 Å². The molecule has 0 aliphatic carbocycles. The van der Waals surface area contributed by atoms with Crippen molar-refractivity contribution in [2.24, 2.45) is 0 Å². The van der Waals surface area contributed by atoms with Crippen LogP contribution in [-0.2, 0) is 6.54 Å². The molecule has 5 heteroatoms. The van der Waals surface area contributed by atoms with Crippen LogP contribution < -0.4 is 10.1 Å². The predicted molar refractivity (Wildman–Crippen MR) is 81.8 cm³/mol. The number of benzene rings is 2. The summed E-state index contributed by atoms with van der Waals surface area (Å²) in [5, 5.41) is 4.78. The normalized spacial score (nSPS) is 10.3. The molecule has 100 valence electrons. The van der Waals surface area contributed by atoms with Gasteiger partial charge in [-0.3, -0.25) is 0 Å². The van der Waals surface area contributed by atoms with E-state index in [1.54, 1.807) is 19.2 Å². The average molecular weight is 317 g/mol. The van der Waals surface area contributed by atoms with Crippen LogP contribution in [0.15, 0.2) is 36.4 Å². The Morgan fingerprint density at radius 2 is 1.68 bits per heavy atom. The Morgan fingerprint density at radius 3 is 2.42 bits per heavy atom. The molecule has 0 bridgehead atoms. The van der Waals surface area contributed by atoms with Crippen molar-refractivity contribution in [3.05, 3.63) is 57.0 Å². The molecule has 0 atom stereocenters. The Labute approximate surface area is 127 Å². The molecule has 0 amide bonds. The highest BCUT2D eigenvalue weighted by atomic mass is 35.5. The zero-order valence-corrected chi connectivity index (χ0v) is 12.5. The second kappa shape index (κ2) is 6.38. The van der Waals surface area contributed by atoms with Crippen molar-refractivity contribution >= 4 is 40.5 Å². The van der Waals surface area contributed by atoms with Gasteiger partial charge in [0.15, 0.2) is 0 Å². The van der Waals surface area contributed by atoms with E-state index in [4.69, 9.17) is 39.5 Å². The van der Waals surface area contributed by atoms with E-state index in [0.717, 1.165) is 17.0 Å². The minimum atomic E-state index is 0.469. The largest absolute Gasteiger partial charge is 0.495 e. The molecule has 2 aromatic carbocycles. The van der Waals surface area contributed by atoms with Crippen LogP contribution in [0.25, 0.3) is 0 Å². The maximum atomic E-state index is 6.15. The van der Waals surface area contributed by atoms with Gasteiger partial charge in [0.1, 0.15) is 5.75 Å². The summed E-state index contributed by atoms with van der Waals surface area (Å²) in [5.74, 6) is 0.761. The van der Waals surface area contributed by atoms with Crippen LogP contribution in [-0.4, -0.2) is 7.11 Å². The topological polar surface area (TPSA) is 21.3 Å². The molecule has 0 radical (unpaired) electrons. The summed E-state index contributed by atoms with van der Waals surface area (Å²) in [4.78, 5) is 0. The lowest BCUT2D eigenvalue weighted by atomic mass is 10.2. The first kappa shape index (κ1) is 14.3. The third-order valence-electron chi connectivity index (χ3n) is 2.70. The number of ether oxygens (including phenoxy) is 1. The van der Waals surface area contributed by atoms with E-state index in [1.807, 2.05) is 24.3 Å². The molecule has 2 rings (SSSR count). The molecule has 19 heavy (non-hydrogen) atoms. The van der Waals surface area contributed by atoms with Gasteiger partial charge >= 0.3 is 0 Å². The quantitative estimate of drug-likeness (QED) is 0.776. The van der Waals surface area contributed by atoms with E-state index < -0.39 is 0 Å². The Hall–Kier alpha value is -1.09. The number of rotatable bonds is 4. The number of halogens is 3. The average Bonchev–Trinajstić information content (AvgIpc) is 2.43. The molecule has 0 aliphatic heterocycles.